The molecule has 0 aromatic carbocycles. The average molecular weight is 399 g/mol. The minimum Gasteiger partial charge on any atom is -0.0649 e. The van der Waals surface area contributed by atoms with E-state index >= 15 is 0 Å². The lowest BCUT2D eigenvalue weighted by molar-refractivity contribution is -0.228. The van der Waals surface area contributed by atoms with E-state index in [1.807, 2.05) is 0 Å². The topological polar surface area (TPSA) is 0 Å². The smallest absolute Gasteiger partial charge is 0.0235 e. The van der Waals surface area contributed by atoms with Crippen LogP contribution in [0, 0.1) is 56.7 Å². The Morgan fingerprint density at radius 3 is 2.07 bits per heavy atom. The largest absolute Gasteiger partial charge is 0.0649 e. The van der Waals surface area contributed by atoms with Crippen LogP contribution in [-0.4, -0.2) is 0 Å². The fraction of sp³-hybridized carbons (Fsp3) is 1.00. The maximum absolute atomic E-state index is 2.81. The summed E-state index contributed by atoms with van der Waals surface area (Å²) in [5.74, 6) is 5.04. The van der Waals surface area contributed by atoms with Crippen LogP contribution < -0.4 is 0 Å². The summed E-state index contributed by atoms with van der Waals surface area (Å²) >= 11 is 0. The van der Waals surface area contributed by atoms with Crippen LogP contribution >= 0.6 is 0 Å². The number of hydrogen-bond acceptors (Lipinski definition) is 0. The molecule has 0 radical (unpaired) electrons. The number of hydrogen-bond donors (Lipinski definition) is 0. The molecule has 0 N–H and O–H groups in total. The van der Waals surface area contributed by atoms with Crippen molar-refractivity contribution in [3.63, 3.8) is 0 Å². The Hall–Kier alpha value is 0. The van der Waals surface area contributed by atoms with Crippen LogP contribution in [0.4, 0.5) is 0 Å². The van der Waals surface area contributed by atoms with Gasteiger partial charge in [-0.1, -0.05) is 61.3 Å². The molecule has 0 nitrogen and oxygen atoms in total. The molecule has 5 aliphatic rings. The molecule has 0 bridgehead atoms. The van der Waals surface area contributed by atoms with Gasteiger partial charge in [0.15, 0.2) is 0 Å². The zero-order valence-corrected chi connectivity index (χ0v) is 20.9. The fourth-order valence-corrected chi connectivity index (χ4v) is 11.6. The number of fused-ring (bicyclic) bond motifs is 7. The maximum Gasteiger partial charge on any atom is -0.0235 e. The van der Waals surface area contributed by atoms with Crippen LogP contribution in [0.15, 0.2) is 0 Å². The second kappa shape index (κ2) is 6.28. The Morgan fingerprint density at radius 2 is 1.34 bits per heavy atom. The van der Waals surface area contributed by atoms with Crippen molar-refractivity contribution in [3.05, 3.63) is 0 Å². The first-order chi connectivity index (χ1) is 13.5. The Morgan fingerprint density at radius 1 is 0.621 bits per heavy atom. The van der Waals surface area contributed by atoms with Gasteiger partial charge in [0.2, 0.25) is 0 Å². The van der Waals surface area contributed by atoms with E-state index < -0.39 is 0 Å². The molecule has 29 heavy (non-hydrogen) atoms. The lowest BCUT2D eigenvalue weighted by Gasteiger charge is -2.72. The van der Waals surface area contributed by atoms with Crippen LogP contribution in [-0.2, 0) is 0 Å². The van der Waals surface area contributed by atoms with Gasteiger partial charge in [0.25, 0.3) is 0 Å². The van der Waals surface area contributed by atoms with Gasteiger partial charge in [-0.05, 0) is 121 Å². The minimum absolute atomic E-state index is 0.568. The molecule has 0 heterocycles. The summed E-state index contributed by atoms with van der Waals surface area (Å²) in [6.07, 6.45) is 18.1. The van der Waals surface area contributed by atoms with Gasteiger partial charge in [0.05, 0.1) is 0 Å². The molecule has 0 aromatic heterocycles. The molecule has 5 aliphatic carbocycles. The normalized spacial score (nSPS) is 58.7. The van der Waals surface area contributed by atoms with Gasteiger partial charge >= 0.3 is 0 Å². The Labute approximate surface area is 182 Å². The minimum atomic E-state index is 0.568. The highest BCUT2D eigenvalue weighted by atomic mass is 14.7. The predicted molar refractivity (Wildman–Crippen MR) is 125 cm³/mol. The third kappa shape index (κ3) is 2.50. The average Bonchev–Trinajstić information content (AvgIpc) is 2.99. The molecular weight excluding hydrogens is 348 g/mol. The summed E-state index contributed by atoms with van der Waals surface area (Å²) in [4.78, 5) is 0. The summed E-state index contributed by atoms with van der Waals surface area (Å²) in [5.41, 5.74) is 3.02. The first-order valence-corrected chi connectivity index (χ1v) is 13.5. The Balaban J connectivity index is 1.50. The zero-order valence-electron chi connectivity index (χ0n) is 20.9. The molecule has 0 unspecified atom stereocenters. The first-order valence-electron chi connectivity index (χ1n) is 13.5. The molecule has 0 aliphatic heterocycles. The van der Waals surface area contributed by atoms with Crippen LogP contribution in [0.25, 0.3) is 0 Å². The number of rotatable bonds is 1. The first kappa shape index (κ1) is 20.9. The van der Waals surface area contributed by atoms with E-state index in [2.05, 4.69) is 48.5 Å². The molecule has 166 valence electrons. The fourth-order valence-electron chi connectivity index (χ4n) is 11.6. The quantitative estimate of drug-likeness (QED) is 0.413. The van der Waals surface area contributed by atoms with Gasteiger partial charge in [-0.2, -0.15) is 0 Å². The van der Waals surface area contributed by atoms with Crippen LogP contribution in [0.2, 0.25) is 0 Å². The molecule has 5 fully saturated rings. The predicted octanol–water partition coefficient (Wildman–Crippen LogP) is 8.89. The molecule has 0 heteroatoms. The molecule has 5 rings (SSSR count). The Bertz CT molecular complexity index is 661. The highest BCUT2D eigenvalue weighted by molar-refractivity contribution is 5.17. The van der Waals surface area contributed by atoms with E-state index in [0.717, 1.165) is 29.6 Å². The molecule has 9 atom stereocenters. The van der Waals surface area contributed by atoms with Gasteiger partial charge in [-0.15, -0.1) is 0 Å². The maximum atomic E-state index is 2.81. The highest BCUT2D eigenvalue weighted by Crippen LogP contribution is 2.76. The standard InChI is InChI=1S/C29H50/c1-8-26(4)17-12-20-21(26)13-18-28(6)22(20)10-11-24-27(5)16-9-15-25(2,3)23(27)14-19-29(24,28)7/h20-24H,8-19H2,1-7H3/t20-,21+,22+,23-,24+,26+,27-,28+,29+/m0/s1. The van der Waals surface area contributed by atoms with E-state index in [1.54, 1.807) is 19.3 Å². The third-order valence-corrected chi connectivity index (χ3v) is 13.4. The Kier molecular flexibility index (Phi) is 4.52. The van der Waals surface area contributed by atoms with E-state index in [0.29, 0.717) is 27.1 Å². The van der Waals surface area contributed by atoms with E-state index in [9.17, 15) is 0 Å². The summed E-state index contributed by atoms with van der Waals surface area (Å²) in [5, 5.41) is 0. The second-order valence-corrected chi connectivity index (χ2v) is 14.4. The zero-order chi connectivity index (χ0) is 20.9. The lowest BCUT2D eigenvalue weighted by atomic mass is 9.33. The van der Waals surface area contributed by atoms with Crippen molar-refractivity contribution >= 4 is 0 Å². The van der Waals surface area contributed by atoms with Gasteiger partial charge < -0.3 is 0 Å². The van der Waals surface area contributed by atoms with Crippen LogP contribution in [0.1, 0.15) is 126 Å². The van der Waals surface area contributed by atoms with E-state index in [1.165, 1.54) is 57.8 Å². The van der Waals surface area contributed by atoms with Gasteiger partial charge in [0, 0.05) is 0 Å². The van der Waals surface area contributed by atoms with Gasteiger partial charge in [0.1, 0.15) is 0 Å². The monoisotopic (exact) mass is 398 g/mol. The molecule has 5 saturated carbocycles. The van der Waals surface area contributed by atoms with Crippen molar-refractivity contribution in [3.8, 4) is 0 Å². The summed E-state index contributed by atoms with van der Waals surface area (Å²) < 4.78 is 0. The van der Waals surface area contributed by atoms with Crippen molar-refractivity contribution in [2.75, 3.05) is 0 Å². The molecule has 0 spiro atoms. The highest BCUT2D eigenvalue weighted by Gasteiger charge is 2.68. The molecular formula is C29H50. The lowest BCUT2D eigenvalue weighted by Crippen LogP contribution is -2.64. The van der Waals surface area contributed by atoms with Crippen LogP contribution in [0.5, 0.6) is 0 Å². The summed E-state index contributed by atoms with van der Waals surface area (Å²) in [7, 11) is 0. The summed E-state index contributed by atoms with van der Waals surface area (Å²) in [6.45, 7) is 18.7. The van der Waals surface area contributed by atoms with Gasteiger partial charge in [-0.25, -0.2) is 0 Å². The SMILES string of the molecule is CC[C@]1(C)CC[C@H]2[C@H]1CC[C@]1(C)[C@@H]2CC[C@@H]2[C@@]3(C)CCCC(C)(C)[C@@H]3CC[C@]21C. The van der Waals surface area contributed by atoms with Crippen molar-refractivity contribution in [2.24, 2.45) is 56.7 Å². The van der Waals surface area contributed by atoms with Crippen molar-refractivity contribution in [1.29, 1.82) is 0 Å². The van der Waals surface area contributed by atoms with E-state index in [-0.39, 0.29) is 0 Å². The van der Waals surface area contributed by atoms with E-state index in [4.69, 9.17) is 0 Å². The molecule has 0 aromatic rings. The molecule has 0 amide bonds. The van der Waals surface area contributed by atoms with Gasteiger partial charge in [-0.3, -0.25) is 0 Å². The van der Waals surface area contributed by atoms with Crippen LogP contribution in [0.3, 0.4) is 0 Å². The summed E-state index contributed by atoms with van der Waals surface area (Å²) in [6, 6.07) is 0. The van der Waals surface area contributed by atoms with Crippen molar-refractivity contribution in [1.82, 2.24) is 0 Å². The molecule has 0 saturated heterocycles. The van der Waals surface area contributed by atoms with Crippen molar-refractivity contribution in [2.45, 2.75) is 126 Å². The second-order valence-electron chi connectivity index (χ2n) is 14.4. The third-order valence-electron chi connectivity index (χ3n) is 13.4. The van der Waals surface area contributed by atoms with Crippen molar-refractivity contribution < 1.29 is 0 Å².